The smallest absolute Gasteiger partial charge is 0.478 e. The van der Waals surface area contributed by atoms with Crippen molar-refractivity contribution in [2.45, 2.75) is 26.6 Å². The summed E-state index contributed by atoms with van der Waals surface area (Å²) in [6.07, 6.45) is -2.08. The summed E-state index contributed by atoms with van der Waals surface area (Å²) in [4.78, 5) is 27.5. The Balaban J connectivity index is 0.000000215. The van der Waals surface area contributed by atoms with Crippen LogP contribution in [-0.2, 0) is 6.42 Å². The van der Waals surface area contributed by atoms with Gasteiger partial charge in [0, 0.05) is 18.4 Å². The number of rotatable bonds is 4. The van der Waals surface area contributed by atoms with Crippen molar-refractivity contribution in [3.8, 4) is 5.75 Å². The number of aryl methyl sites for hydroxylation is 2. The van der Waals surface area contributed by atoms with Gasteiger partial charge in [-0.25, -0.2) is 14.6 Å². The summed E-state index contributed by atoms with van der Waals surface area (Å²) in [7, 11) is 0. The van der Waals surface area contributed by atoms with Crippen LogP contribution in [0.15, 0.2) is 54.7 Å². The molecule has 1 aliphatic rings. The number of hydrogen-bond donors (Lipinski definition) is 2. The number of aromatic nitrogens is 1. The van der Waals surface area contributed by atoms with Crippen molar-refractivity contribution in [1.82, 2.24) is 4.98 Å². The summed E-state index contributed by atoms with van der Waals surface area (Å²) >= 11 is 0. The molecule has 0 saturated heterocycles. The lowest BCUT2D eigenvalue weighted by molar-refractivity contribution is -0.274. The van der Waals surface area contributed by atoms with E-state index in [2.05, 4.69) is 9.72 Å². The lowest BCUT2D eigenvalue weighted by Crippen LogP contribution is -2.18. The molecular weight excluding hydrogens is 453 g/mol. The van der Waals surface area contributed by atoms with E-state index in [4.69, 9.17) is 10.2 Å². The first-order chi connectivity index (χ1) is 16.0. The third-order valence-corrected chi connectivity index (χ3v) is 5.14. The van der Waals surface area contributed by atoms with Crippen molar-refractivity contribution in [3.63, 3.8) is 0 Å². The molecular formula is C24H21F3N2O5. The average molecular weight is 474 g/mol. The van der Waals surface area contributed by atoms with E-state index >= 15 is 0 Å². The van der Waals surface area contributed by atoms with Gasteiger partial charge in [0.25, 0.3) is 0 Å². The summed E-state index contributed by atoms with van der Waals surface area (Å²) < 4.78 is 40.6. The van der Waals surface area contributed by atoms with E-state index in [9.17, 15) is 22.8 Å². The van der Waals surface area contributed by atoms with Crippen molar-refractivity contribution in [2.24, 2.45) is 0 Å². The molecule has 1 aliphatic heterocycles. The van der Waals surface area contributed by atoms with Gasteiger partial charge >= 0.3 is 18.3 Å². The fourth-order valence-corrected chi connectivity index (χ4v) is 3.55. The molecule has 34 heavy (non-hydrogen) atoms. The Hall–Kier alpha value is -4.08. The van der Waals surface area contributed by atoms with Crippen molar-refractivity contribution in [2.75, 3.05) is 11.4 Å². The molecule has 0 atom stereocenters. The number of ether oxygens (including phenoxy) is 1. The average Bonchev–Trinajstić information content (AvgIpc) is 3.17. The Bertz CT molecular complexity index is 1230. The minimum atomic E-state index is -4.67. The van der Waals surface area contributed by atoms with E-state index in [1.807, 2.05) is 17.0 Å². The predicted molar refractivity (Wildman–Crippen MR) is 118 cm³/mol. The second-order valence-corrected chi connectivity index (χ2v) is 7.52. The first kappa shape index (κ1) is 24.6. The van der Waals surface area contributed by atoms with Crippen molar-refractivity contribution >= 4 is 23.4 Å². The van der Waals surface area contributed by atoms with Gasteiger partial charge in [-0.05, 0) is 73.4 Å². The molecule has 0 saturated carbocycles. The number of alkyl halides is 3. The van der Waals surface area contributed by atoms with Gasteiger partial charge in [0.15, 0.2) is 0 Å². The first-order valence-electron chi connectivity index (χ1n) is 10.1. The molecule has 0 radical (unpaired) electrons. The van der Waals surface area contributed by atoms with Gasteiger partial charge in [0.1, 0.15) is 11.6 Å². The number of carboxylic acids is 2. The molecule has 2 heterocycles. The largest absolute Gasteiger partial charge is 0.573 e. The molecule has 0 spiro atoms. The molecule has 0 aliphatic carbocycles. The zero-order chi connectivity index (χ0) is 25.0. The quantitative estimate of drug-likeness (QED) is 0.524. The maximum absolute atomic E-state index is 12.2. The van der Waals surface area contributed by atoms with Crippen LogP contribution in [0, 0.1) is 13.8 Å². The number of aromatic carboxylic acids is 2. The van der Waals surface area contributed by atoms with Crippen LogP contribution >= 0.6 is 0 Å². The predicted octanol–water partition coefficient (Wildman–Crippen LogP) is 5.37. The zero-order valence-corrected chi connectivity index (χ0v) is 18.3. The van der Waals surface area contributed by atoms with Gasteiger partial charge in [0.2, 0.25) is 0 Å². The molecule has 0 bridgehead atoms. The number of anilines is 2. The minimum absolute atomic E-state index is 0.0111. The fraction of sp³-hybridized carbons (Fsp3) is 0.208. The summed E-state index contributed by atoms with van der Waals surface area (Å²) in [5.41, 5.74) is 3.28. The standard InChI is InChI=1S/C15H13F3N2O.C9H8O4/c1-10-9-12(21-15(16,17)18)4-5-13(10)20-8-6-11-3-2-7-19-14(11)20;1-5-2-3-6(8(10)11)4-7(5)9(12)13/h2-5,7,9H,6,8H2,1H3;2-4H,1H3,(H,10,11)(H,12,13). The molecule has 0 unspecified atom stereocenters. The van der Waals surface area contributed by atoms with Gasteiger partial charge in [-0.2, -0.15) is 0 Å². The summed E-state index contributed by atoms with van der Waals surface area (Å²) in [6, 6.07) is 12.3. The molecule has 2 N–H and O–H groups in total. The van der Waals surface area contributed by atoms with Gasteiger partial charge in [0.05, 0.1) is 11.1 Å². The van der Waals surface area contributed by atoms with E-state index in [-0.39, 0.29) is 16.9 Å². The van der Waals surface area contributed by atoms with E-state index < -0.39 is 18.3 Å². The molecule has 0 fully saturated rings. The lowest BCUT2D eigenvalue weighted by atomic mass is 10.1. The number of hydrogen-bond acceptors (Lipinski definition) is 5. The molecule has 10 heteroatoms. The number of carbonyl (C=O) groups is 2. The Morgan fingerprint density at radius 1 is 1.00 bits per heavy atom. The van der Waals surface area contributed by atoms with Crippen molar-refractivity contribution < 1.29 is 37.7 Å². The third kappa shape index (κ3) is 5.83. The number of pyridine rings is 1. The Labute approximate surface area is 193 Å². The van der Waals surface area contributed by atoms with Crippen LogP contribution in [0.2, 0.25) is 0 Å². The fourth-order valence-electron chi connectivity index (χ4n) is 3.55. The minimum Gasteiger partial charge on any atom is -0.478 e. The molecule has 2 aromatic carbocycles. The molecule has 178 valence electrons. The van der Waals surface area contributed by atoms with Crippen LogP contribution in [-0.4, -0.2) is 40.0 Å². The second kappa shape index (κ2) is 9.82. The lowest BCUT2D eigenvalue weighted by Gasteiger charge is -2.21. The number of nitrogens with zero attached hydrogens (tertiary/aromatic N) is 2. The van der Waals surface area contributed by atoms with Gasteiger partial charge in [-0.15, -0.1) is 13.2 Å². The number of halogens is 3. The van der Waals surface area contributed by atoms with E-state index in [1.165, 1.54) is 24.3 Å². The SMILES string of the molecule is Cc1cc(OC(F)(F)F)ccc1N1CCc2cccnc21.Cc1ccc(C(=O)O)cc1C(=O)O. The van der Waals surface area contributed by atoms with Gasteiger partial charge < -0.3 is 19.8 Å². The van der Waals surface area contributed by atoms with Gasteiger partial charge in [-0.3, -0.25) is 0 Å². The maximum atomic E-state index is 12.2. The summed E-state index contributed by atoms with van der Waals surface area (Å²) in [5.74, 6) is -1.57. The van der Waals surface area contributed by atoms with E-state index in [1.54, 1.807) is 26.1 Å². The molecule has 1 aromatic heterocycles. The van der Waals surface area contributed by atoms with Crippen LogP contribution < -0.4 is 9.64 Å². The van der Waals surface area contributed by atoms with Crippen LogP contribution in [0.1, 0.15) is 37.4 Å². The summed E-state index contributed by atoms with van der Waals surface area (Å²) in [6.45, 7) is 4.15. The highest BCUT2D eigenvalue weighted by Crippen LogP contribution is 2.36. The number of carboxylic acid groups (broad SMARTS) is 2. The second-order valence-electron chi connectivity index (χ2n) is 7.52. The Morgan fingerprint density at radius 3 is 2.35 bits per heavy atom. The van der Waals surface area contributed by atoms with Crippen molar-refractivity contribution in [1.29, 1.82) is 0 Å². The Kier molecular flexibility index (Phi) is 7.09. The van der Waals surface area contributed by atoms with Crippen LogP contribution in [0.25, 0.3) is 0 Å². The van der Waals surface area contributed by atoms with E-state index in [0.717, 1.165) is 41.7 Å². The third-order valence-electron chi connectivity index (χ3n) is 5.14. The topological polar surface area (TPSA) is 100.0 Å². The zero-order valence-electron chi connectivity index (χ0n) is 18.3. The van der Waals surface area contributed by atoms with Crippen LogP contribution in [0.4, 0.5) is 24.7 Å². The highest BCUT2D eigenvalue weighted by atomic mass is 19.4. The molecule has 3 aromatic rings. The van der Waals surface area contributed by atoms with Crippen LogP contribution in [0.3, 0.4) is 0 Å². The Morgan fingerprint density at radius 2 is 1.74 bits per heavy atom. The monoisotopic (exact) mass is 474 g/mol. The maximum Gasteiger partial charge on any atom is 0.573 e. The van der Waals surface area contributed by atoms with Gasteiger partial charge in [-0.1, -0.05) is 12.1 Å². The number of fused-ring (bicyclic) bond motifs is 1. The normalized spacial score (nSPS) is 12.4. The molecule has 0 amide bonds. The highest BCUT2D eigenvalue weighted by molar-refractivity contribution is 5.94. The van der Waals surface area contributed by atoms with E-state index in [0.29, 0.717) is 5.56 Å². The molecule has 4 rings (SSSR count). The molecule has 7 nitrogen and oxygen atoms in total. The van der Waals surface area contributed by atoms with Crippen LogP contribution in [0.5, 0.6) is 5.75 Å². The summed E-state index contributed by atoms with van der Waals surface area (Å²) in [5, 5.41) is 17.3. The number of benzene rings is 2. The first-order valence-corrected chi connectivity index (χ1v) is 10.1. The van der Waals surface area contributed by atoms with Crippen molar-refractivity contribution in [3.05, 3.63) is 82.5 Å². The highest BCUT2D eigenvalue weighted by Gasteiger charge is 2.31.